The van der Waals surface area contributed by atoms with E-state index in [1.165, 1.54) is 16.4 Å². The summed E-state index contributed by atoms with van der Waals surface area (Å²) in [6.07, 6.45) is 1.13. The summed E-state index contributed by atoms with van der Waals surface area (Å²) in [6.45, 7) is 0.293. The van der Waals surface area contributed by atoms with Crippen LogP contribution in [-0.2, 0) is 10.0 Å². The second-order valence-corrected chi connectivity index (χ2v) is 10.1. The summed E-state index contributed by atoms with van der Waals surface area (Å²) in [5, 5.41) is 10.7. The van der Waals surface area contributed by atoms with Crippen molar-refractivity contribution in [2.75, 3.05) is 11.9 Å². The summed E-state index contributed by atoms with van der Waals surface area (Å²) in [7, 11) is -3.83. The molecular weight excluding hydrogens is 470 g/mol. The number of rotatable bonds is 5. The van der Waals surface area contributed by atoms with Crippen LogP contribution >= 0.6 is 22.9 Å². The zero-order valence-electron chi connectivity index (χ0n) is 15.8. The fraction of sp³-hybridized carbons (Fsp3) is 0.211. The monoisotopic (exact) mass is 484 g/mol. The third kappa shape index (κ3) is 4.45. The van der Waals surface area contributed by atoms with Gasteiger partial charge in [-0.3, -0.25) is 4.79 Å². The van der Waals surface area contributed by atoms with Crippen LogP contribution in [0, 0.1) is 11.6 Å². The number of hydrogen-bond acceptors (Lipinski definition) is 6. The number of carbonyl (C=O) groups excluding carboxylic acids is 1. The molecule has 0 bridgehead atoms. The predicted octanol–water partition coefficient (Wildman–Crippen LogP) is 4.25. The number of halogens is 3. The first-order chi connectivity index (χ1) is 14.8. The minimum Gasteiger partial charge on any atom is -0.317 e. The highest BCUT2D eigenvalue weighted by Crippen LogP contribution is 2.38. The highest BCUT2D eigenvalue weighted by molar-refractivity contribution is 7.89. The van der Waals surface area contributed by atoms with Crippen LogP contribution < -0.4 is 5.32 Å². The second kappa shape index (κ2) is 8.58. The molecule has 1 aromatic heterocycles. The van der Waals surface area contributed by atoms with E-state index in [-0.39, 0.29) is 15.6 Å². The van der Waals surface area contributed by atoms with Gasteiger partial charge in [0, 0.05) is 17.6 Å². The molecule has 1 aliphatic heterocycles. The number of aromatic nitrogens is 2. The molecule has 1 saturated heterocycles. The molecule has 0 unspecified atom stereocenters. The maximum Gasteiger partial charge on any atom is 0.286 e. The number of sulfonamides is 1. The Morgan fingerprint density at radius 3 is 2.74 bits per heavy atom. The molecule has 1 amide bonds. The SMILES string of the molecule is O=C(Nc1ccc(F)cc1F)c1nnc([C@@H]2CCCN2S(=O)(=O)c2cccc(Cl)c2)s1. The topological polar surface area (TPSA) is 92.3 Å². The van der Waals surface area contributed by atoms with Crippen molar-refractivity contribution >= 4 is 44.6 Å². The van der Waals surface area contributed by atoms with E-state index in [4.69, 9.17) is 11.6 Å². The maximum absolute atomic E-state index is 13.8. The Kier molecular flexibility index (Phi) is 6.02. The van der Waals surface area contributed by atoms with Gasteiger partial charge in [0.2, 0.25) is 15.0 Å². The Morgan fingerprint density at radius 2 is 2.00 bits per heavy atom. The fourth-order valence-electron chi connectivity index (χ4n) is 3.27. The molecule has 4 rings (SSSR count). The minimum absolute atomic E-state index is 0.0641. The van der Waals surface area contributed by atoms with E-state index in [1.54, 1.807) is 12.1 Å². The summed E-state index contributed by atoms with van der Waals surface area (Å²) >= 11 is 6.86. The van der Waals surface area contributed by atoms with E-state index in [0.717, 1.165) is 23.5 Å². The standard InChI is InChI=1S/C19H15ClF2N4O3S2/c20-11-3-1-4-13(9-11)31(28,29)26-8-2-5-16(26)18-24-25-19(30-18)17(27)23-15-7-6-12(21)10-14(15)22/h1,3-4,6-7,9-10,16H,2,5,8H2,(H,23,27)/t16-/m0/s1. The molecule has 2 heterocycles. The molecule has 31 heavy (non-hydrogen) atoms. The molecule has 1 N–H and O–H groups in total. The van der Waals surface area contributed by atoms with Crippen molar-refractivity contribution in [3.05, 3.63) is 69.1 Å². The van der Waals surface area contributed by atoms with Gasteiger partial charge in [-0.05, 0) is 43.2 Å². The van der Waals surface area contributed by atoms with Gasteiger partial charge in [0.05, 0.1) is 16.6 Å². The van der Waals surface area contributed by atoms with Crippen LogP contribution in [0.15, 0.2) is 47.4 Å². The maximum atomic E-state index is 13.8. The first kappa shape index (κ1) is 21.8. The highest BCUT2D eigenvalue weighted by Gasteiger charge is 2.38. The highest BCUT2D eigenvalue weighted by atomic mass is 35.5. The van der Waals surface area contributed by atoms with Crippen LogP contribution in [0.4, 0.5) is 14.5 Å². The summed E-state index contributed by atoms with van der Waals surface area (Å²) in [6, 6.07) is 8.17. The zero-order valence-corrected chi connectivity index (χ0v) is 18.1. The molecular formula is C19H15ClF2N4O3S2. The van der Waals surface area contributed by atoms with Gasteiger partial charge < -0.3 is 5.32 Å². The van der Waals surface area contributed by atoms with E-state index in [2.05, 4.69) is 15.5 Å². The average molecular weight is 485 g/mol. The number of benzene rings is 2. The molecule has 0 spiro atoms. The quantitative estimate of drug-likeness (QED) is 0.584. The van der Waals surface area contributed by atoms with Crippen LogP contribution in [0.3, 0.4) is 0 Å². The van der Waals surface area contributed by atoms with Crippen molar-refractivity contribution in [1.82, 2.24) is 14.5 Å². The van der Waals surface area contributed by atoms with Crippen molar-refractivity contribution in [3.8, 4) is 0 Å². The number of hydrogen-bond donors (Lipinski definition) is 1. The smallest absolute Gasteiger partial charge is 0.286 e. The van der Waals surface area contributed by atoms with Crippen LogP contribution in [0.2, 0.25) is 5.02 Å². The van der Waals surface area contributed by atoms with Crippen LogP contribution in [0.1, 0.15) is 33.7 Å². The van der Waals surface area contributed by atoms with Gasteiger partial charge in [-0.2, -0.15) is 4.31 Å². The van der Waals surface area contributed by atoms with Gasteiger partial charge in [-0.25, -0.2) is 17.2 Å². The van der Waals surface area contributed by atoms with Gasteiger partial charge in [-0.1, -0.05) is 29.0 Å². The summed E-state index contributed by atoms with van der Waals surface area (Å²) in [4.78, 5) is 12.5. The van der Waals surface area contributed by atoms with Gasteiger partial charge in [0.25, 0.3) is 5.91 Å². The van der Waals surface area contributed by atoms with Crippen molar-refractivity contribution in [2.45, 2.75) is 23.8 Å². The molecule has 0 aliphatic carbocycles. The van der Waals surface area contributed by atoms with Gasteiger partial charge in [-0.15, -0.1) is 10.2 Å². The average Bonchev–Trinajstić information content (AvgIpc) is 3.39. The number of nitrogens with zero attached hydrogens (tertiary/aromatic N) is 3. The van der Waals surface area contributed by atoms with Crippen molar-refractivity contribution in [1.29, 1.82) is 0 Å². The normalized spacial score (nSPS) is 17.1. The minimum atomic E-state index is -3.83. The van der Waals surface area contributed by atoms with E-state index < -0.39 is 33.6 Å². The summed E-state index contributed by atoms with van der Waals surface area (Å²) < 4.78 is 54.3. The Balaban J connectivity index is 1.56. The van der Waals surface area contributed by atoms with E-state index in [1.807, 2.05) is 0 Å². The summed E-state index contributed by atoms with van der Waals surface area (Å²) in [5.41, 5.74) is -0.200. The number of amides is 1. The molecule has 0 saturated carbocycles. The lowest BCUT2D eigenvalue weighted by Crippen LogP contribution is -2.30. The molecule has 162 valence electrons. The van der Waals surface area contributed by atoms with Crippen LogP contribution in [0.25, 0.3) is 0 Å². The van der Waals surface area contributed by atoms with Gasteiger partial charge in [0.15, 0.2) is 0 Å². The van der Waals surface area contributed by atoms with Crippen molar-refractivity contribution < 1.29 is 22.0 Å². The molecule has 3 aromatic rings. The van der Waals surface area contributed by atoms with E-state index in [0.29, 0.717) is 35.5 Å². The lowest BCUT2D eigenvalue weighted by molar-refractivity contribution is 0.102. The third-order valence-corrected chi connectivity index (χ3v) is 7.87. The Morgan fingerprint density at radius 1 is 1.19 bits per heavy atom. The molecule has 1 atom stereocenters. The molecule has 1 aliphatic rings. The predicted molar refractivity (Wildman–Crippen MR) is 112 cm³/mol. The second-order valence-electron chi connectivity index (χ2n) is 6.75. The largest absolute Gasteiger partial charge is 0.317 e. The Bertz CT molecular complexity index is 1250. The van der Waals surface area contributed by atoms with Crippen LogP contribution in [0.5, 0.6) is 0 Å². The Hall–Kier alpha value is -2.47. The molecule has 7 nitrogen and oxygen atoms in total. The molecule has 12 heteroatoms. The fourth-order valence-corrected chi connectivity index (χ4v) is 6.18. The number of anilines is 1. The number of carbonyl (C=O) groups is 1. The summed E-state index contributed by atoms with van der Waals surface area (Å²) in [5.74, 6) is -2.42. The van der Waals surface area contributed by atoms with Crippen molar-refractivity contribution in [2.24, 2.45) is 0 Å². The molecule has 0 radical (unpaired) electrons. The lowest BCUT2D eigenvalue weighted by Gasteiger charge is -2.22. The zero-order chi connectivity index (χ0) is 22.2. The first-order valence-electron chi connectivity index (χ1n) is 9.13. The van der Waals surface area contributed by atoms with E-state index >= 15 is 0 Å². The van der Waals surface area contributed by atoms with Gasteiger partial charge >= 0.3 is 0 Å². The van der Waals surface area contributed by atoms with Crippen LogP contribution in [-0.4, -0.2) is 35.4 Å². The lowest BCUT2D eigenvalue weighted by atomic mass is 10.2. The third-order valence-electron chi connectivity index (χ3n) is 4.71. The van der Waals surface area contributed by atoms with E-state index in [9.17, 15) is 22.0 Å². The van der Waals surface area contributed by atoms with Gasteiger partial charge in [0.1, 0.15) is 16.6 Å². The van der Waals surface area contributed by atoms with Crippen molar-refractivity contribution in [3.63, 3.8) is 0 Å². The molecule has 2 aromatic carbocycles. The Labute approximate surface area is 185 Å². The molecule has 1 fully saturated rings. The number of nitrogens with one attached hydrogen (secondary N) is 1. The first-order valence-corrected chi connectivity index (χ1v) is 11.8.